The number of fused-ring (bicyclic) bond motifs is 1. The van der Waals surface area contributed by atoms with Crippen LogP contribution < -0.4 is 10.1 Å². The van der Waals surface area contributed by atoms with E-state index in [4.69, 9.17) is 16.3 Å². The summed E-state index contributed by atoms with van der Waals surface area (Å²) in [5.41, 5.74) is 3.48. The summed E-state index contributed by atoms with van der Waals surface area (Å²) >= 11 is 6.31. The highest BCUT2D eigenvalue weighted by Gasteiger charge is 2.18. The number of hydrogen-bond acceptors (Lipinski definition) is 6. The van der Waals surface area contributed by atoms with Gasteiger partial charge in [0.05, 0.1) is 17.1 Å². The molecule has 0 bridgehead atoms. The van der Waals surface area contributed by atoms with Crippen molar-refractivity contribution >= 4 is 28.9 Å². The van der Waals surface area contributed by atoms with E-state index in [2.05, 4.69) is 20.6 Å². The number of nitrogens with zero attached hydrogens (tertiary/aromatic N) is 4. The number of halogens is 1. The Bertz CT molecular complexity index is 1600. The molecule has 37 heavy (non-hydrogen) atoms. The second-order valence-electron chi connectivity index (χ2n) is 8.29. The summed E-state index contributed by atoms with van der Waals surface area (Å²) in [5, 5.41) is 16.1. The maximum Gasteiger partial charge on any atom is 0.252 e. The third kappa shape index (κ3) is 5.19. The van der Waals surface area contributed by atoms with E-state index in [1.165, 1.54) is 0 Å². The molecule has 0 saturated carbocycles. The molecule has 0 fully saturated rings. The van der Waals surface area contributed by atoms with Gasteiger partial charge in [-0.1, -0.05) is 71.8 Å². The number of ketones is 1. The third-order valence-electron chi connectivity index (χ3n) is 5.72. The van der Waals surface area contributed by atoms with Crippen LogP contribution in [0, 0.1) is 6.92 Å². The second kappa shape index (κ2) is 10.6. The minimum absolute atomic E-state index is 0.169. The number of nitrogens with one attached hydrogen (secondary N) is 1. The van der Waals surface area contributed by atoms with Crippen molar-refractivity contribution in [1.29, 1.82) is 0 Å². The number of benzene rings is 3. The van der Waals surface area contributed by atoms with Crippen LogP contribution in [-0.4, -0.2) is 44.7 Å². The van der Waals surface area contributed by atoms with Gasteiger partial charge in [0.15, 0.2) is 17.3 Å². The molecule has 0 atom stereocenters. The molecule has 2 aromatic heterocycles. The van der Waals surface area contributed by atoms with Gasteiger partial charge in [-0.05, 0) is 31.2 Å². The molecule has 0 aliphatic rings. The van der Waals surface area contributed by atoms with E-state index in [1.807, 2.05) is 37.3 Å². The van der Waals surface area contributed by atoms with Crippen LogP contribution in [-0.2, 0) is 0 Å². The number of hydrogen-bond donors (Lipinski definition) is 1. The fraction of sp³-hybridized carbons (Fsp3) is 0.107. The predicted octanol–water partition coefficient (Wildman–Crippen LogP) is 4.79. The normalized spacial score (nSPS) is 10.9. The highest BCUT2D eigenvalue weighted by atomic mass is 35.5. The fourth-order valence-electron chi connectivity index (χ4n) is 3.81. The monoisotopic (exact) mass is 511 g/mol. The van der Waals surface area contributed by atoms with Gasteiger partial charge in [-0.25, -0.2) is 0 Å². The minimum Gasteiger partial charge on any atom is -0.475 e. The zero-order valence-corrected chi connectivity index (χ0v) is 20.6. The van der Waals surface area contributed by atoms with Gasteiger partial charge in [0, 0.05) is 22.8 Å². The van der Waals surface area contributed by atoms with Gasteiger partial charge < -0.3 is 10.1 Å². The van der Waals surface area contributed by atoms with Crippen LogP contribution >= 0.6 is 11.6 Å². The van der Waals surface area contributed by atoms with Crippen LogP contribution in [0.25, 0.3) is 17.0 Å². The minimum atomic E-state index is -0.358. The summed E-state index contributed by atoms with van der Waals surface area (Å²) < 4.78 is 7.30. The average molecular weight is 512 g/mol. The molecule has 1 N–H and O–H groups in total. The highest BCUT2D eigenvalue weighted by molar-refractivity contribution is 6.33. The van der Waals surface area contributed by atoms with Crippen LogP contribution in [0.3, 0.4) is 0 Å². The van der Waals surface area contributed by atoms with E-state index in [9.17, 15) is 9.59 Å². The van der Waals surface area contributed by atoms with E-state index in [-0.39, 0.29) is 24.8 Å². The van der Waals surface area contributed by atoms with Crippen molar-refractivity contribution in [3.8, 4) is 17.3 Å². The molecule has 0 radical (unpaired) electrons. The lowest BCUT2D eigenvalue weighted by atomic mass is 9.97. The van der Waals surface area contributed by atoms with E-state index in [1.54, 1.807) is 59.1 Å². The van der Waals surface area contributed by atoms with Crippen molar-refractivity contribution in [3.05, 3.63) is 112 Å². The van der Waals surface area contributed by atoms with Crippen molar-refractivity contribution in [2.45, 2.75) is 6.92 Å². The van der Waals surface area contributed by atoms with Gasteiger partial charge >= 0.3 is 0 Å². The highest BCUT2D eigenvalue weighted by Crippen LogP contribution is 2.26. The van der Waals surface area contributed by atoms with Gasteiger partial charge in [0.1, 0.15) is 6.61 Å². The average Bonchev–Trinajstić information content (AvgIpc) is 3.34. The van der Waals surface area contributed by atoms with E-state index in [0.29, 0.717) is 44.6 Å². The van der Waals surface area contributed by atoms with Gasteiger partial charge in [0.2, 0.25) is 5.88 Å². The van der Waals surface area contributed by atoms with Crippen LogP contribution in [0.5, 0.6) is 5.88 Å². The SMILES string of the molecule is Cc1ccc(C(=O)c2ccccc2C(=O)NCCOc2ccc3nnc(-c4ccccc4Cl)n3n2)cc1. The molecule has 5 rings (SSSR count). The summed E-state index contributed by atoms with van der Waals surface area (Å²) in [7, 11) is 0. The van der Waals surface area contributed by atoms with Crippen molar-refractivity contribution in [2.75, 3.05) is 13.2 Å². The first-order valence-electron chi connectivity index (χ1n) is 11.6. The van der Waals surface area contributed by atoms with E-state index in [0.717, 1.165) is 5.56 Å². The maximum absolute atomic E-state index is 13.0. The van der Waals surface area contributed by atoms with Crippen molar-refractivity contribution in [3.63, 3.8) is 0 Å². The summed E-state index contributed by atoms with van der Waals surface area (Å²) in [4.78, 5) is 25.9. The molecule has 5 aromatic rings. The molecule has 8 nitrogen and oxygen atoms in total. The van der Waals surface area contributed by atoms with Gasteiger partial charge in [-0.15, -0.1) is 15.3 Å². The summed E-state index contributed by atoms with van der Waals surface area (Å²) in [5.74, 6) is 0.268. The first-order valence-corrected chi connectivity index (χ1v) is 12.0. The van der Waals surface area contributed by atoms with Gasteiger partial charge in [-0.2, -0.15) is 4.52 Å². The summed E-state index contributed by atoms with van der Waals surface area (Å²) in [6.45, 7) is 2.34. The van der Waals surface area contributed by atoms with Crippen LogP contribution in [0.4, 0.5) is 0 Å². The lowest BCUT2D eigenvalue weighted by Gasteiger charge is -2.11. The Morgan fingerprint density at radius 2 is 1.62 bits per heavy atom. The number of aromatic nitrogens is 4. The molecule has 3 aromatic carbocycles. The number of amides is 1. The molecule has 0 spiro atoms. The number of carbonyl (C=O) groups excluding carboxylic acids is 2. The molecular formula is C28H22ClN5O3. The van der Waals surface area contributed by atoms with E-state index < -0.39 is 0 Å². The molecule has 0 aliphatic carbocycles. The van der Waals surface area contributed by atoms with Crippen LogP contribution in [0.1, 0.15) is 31.8 Å². The Labute approximate surface area is 217 Å². The van der Waals surface area contributed by atoms with Crippen molar-refractivity contribution in [2.24, 2.45) is 0 Å². The molecule has 184 valence electrons. The zero-order chi connectivity index (χ0) is 25.8. The molecule has 1 amide bonds. The number of aryl methyl sites for hydroxylation is 1. The standard InChI is InChI=1S/C28H22ClN5O3/c1-18-10-12-19(13-11-18)26(35)20-6-2-3-7-21(20)28(36)30-16-17-37-25-15-14-24-31-32-27(34(24)33-25)22-8-4-5-9-23(22)29/h2-15H,16-17H2,1H3,(H,30,36). The molecule has 0 aliphatic heterocycles. The molecule has 9 heteroatoms. The first-order chi connectivity index (χ1) is 18.0. The van der Waals surface area contributed by atoms with Crippen molar-refractivity contribution in [1.82, 2.24) is 25.1 Å². The Kier molecular flexibility index (Phi) is 6.91. The molecule has 2 heterocycles. The molecule has 0 unspecified atom stereocenters. The first kappa shape index (κ1) is 24.1. The number of rotatable bonds is 8. The smallest absolute Gasteiger partial charge is 0.252 e. The maximum atomic E-state index is 13.0. The summed E-state index contributed by atoms with van der Waals surface area (Å²) in [6.07, 6.45) is 0. The Balaban J connectivity index is 1.24. The van der Waals surface area contributed by atoms with Gasteiger partial charge in [0.25, 0.3) is 5.91 Å². The number of ether oxygens (including phenoxy) is 1. The lowest BCUT2D eigenvalue weighted by Crippen LogP contribution is -2.29. The van der Waals surface area contributed by atoms with Gasteiger partial charge in [-0.3, -0.25) is 9.59 Å². The lowest BCUT2D eigenvalue weighted by molar-refractivity contribution is 0.0936. The Hall–Kier alpha value is -4.56. The number of carbonyl (C=O) groups is 2. The van der Waals surface area contributed by atoms with Crippen molar-refractivity contribution < 1.29 is 14.3 Å². The fourth-order valence-corrected chi connectivity index (χ4v) is 4.03. The van der Waals surface area contributed by atoms with Crippen LogP contribution in [0.15, 0.2) is 84.9 Å². The summed E-state index contributed by atoms with van der Waals surface area (Å²) in [6, 6.07) is 24.7. The predicted molar refractivity (Wildman–Crippen MR) is 140 cm³/mol. The zero-order valence-electron chi connectivity index (χ0n) is 19.9. The largest absolute Gasteiger partial charge is 0.475 e. The Morgan fingerprint density at radius 3 is 2.41 bits per heavy atom. The third-order valence-corrected chi connectivity index (χ3v) is 6.05. The quantitative estimate of drug-likeness (QED) is 0.237. The Morgan fingerprint density at radius 1 is 0.892 bits per heavy atom. The van der Waals surface area contributed by atoms with E-state index >= 15 is 0 Å². The van der Waals surface area contributed by atoms with Crippen LogP contribution in [0.2, 0.25) is 5.02 Å². The second-order valence-corrected chi connectivity index (χ2v) is 8.70. The molecule has 0 saturated heterocycles. The topological polar surface area (TPSA) is 98.5 Å². The molecular weight excluding hydrogens is 490 g/mol.